The van der Waals surface area contributed by atoms with E-state index in [1.165, 1.54) is 11.1 Å². The van der Waals surface area contributed by atoms with Gasteiger partial charge in [-0.25, -0.2) is 4.79 Å². The molecule has 1 aromatic carbocycles. The van der Waals surface area contributed by atoms with E-state index in [0.717, 1.165) is 11.3 Å². The molecule has 3 rings (SSSR count). The normalized spacial score (nSPS) is 10.9. The summed E-state index contributed by atoms with van der Waals surface area (Å²) in [5.41, 5.74) is 3.30. The minimum absolute atomic E-state index is 0.131. The van der Waals surface area contributed by atoms with Gasteiger partial charge in [-0.1, -0.05) is 41.5 Å². The van der Waals surface area contributed by atoms with E-state index < -0.39 is 0 Å². The van der Waals surface area contributed by atoms with Crippen molar-refractivity contribution in [2.75, 3.05) is 0 Å². The Morgan fingerprint density at radius 2 is 1.83 bits per heavy atom. The molecule has 0 saturated carbocycles. The predicted octanol–water partition coefficient (Wildman–Crippen LogP) is 3.69. The van der Waals surface area contributed by atoms with Crippen molar-refractivity contribution in [2.24, 2.45) is 0 Å². The fourth-order valence-corrected chi connectivity index (χ4v) is 2.94. The van der Waals surface area contributed by atoms with E-state index in [9.17, 15) is 4.79 Å². The van der Waals surface area contributed by atoms with Crippen LogP contribution < -0.4 is 5.69 Å². The summed E-state index contributed by atoms with van der Waals surface area (Å²) in [6.45, 7) is 4.97. The number of furan rings is 1. The molecule has 0 saturated heterocycles. The number of hydrogen-bond acceptors (Lipinski definition) is 3. The van der Waals surface area contributed by atoms with Crippen molar-refractivity contribution in [2.45, 2.75) is 26.9 Å². The van der Waals surface area contributed by atoms with Crippen molar-refractivity contribution in [3.63, 3.8) is 0 Å². The first kappa shape index (κ1) is 15.5. The molecule has 23 heavy (non-hydrogen) atoms. The summed E-state index contributed by atoms with van der Waals surface area (Å²) in [4.78, 5) is 12.7. The minimum atomic E-state index is -0.131. The van der Waals surface area contributed by atoms with Gasteiger partial charge in [-0.05, 0) is 37.6 Å². The number of rotatable bonds is 4. The van der Waals surface area contributed by atoms with E-state index in [1.807, 2.05) is 12.1 Å². The van der Waals surface area contributed by atoms with E-state index in [1.54, 1.807) is 27.7 Å². The molecule has 0 atom stereocenters. The van der Waals surface area contributed by atoms with Crippen molar-refractivity contribution in [1.82, 2.24) is 9.13 Å². The highest BCUT2D eigenvalue weighted by atomic mass is 32.1. The second-order valence-corrected chi connectivity index (χ2v) is 6.14. The van der Waals surface area contributed by atoms with Crippen LogP contribution in [0.3, 0.4) is 0 Å². The smallest absolute Gasteiger partial charge is 0.329 e. The number of nitrogens with zero attached hydrogens (tertiary/aromatic N) is 2. The molecule has 0 radical (unpaired) electrons. The lowest BCUT2D eigenvalue weighted by Crippen LogP contribution is -2.31. The predicted molar refractivity (Wildman–Crippen MR) is 92.4 cm³/mol. The van der Waals surface area contributed by atoms with Crippen LogP contribution in [0.15, 0.2) is 58.1 Å². The summed E-state index contributed by atoms with van der Waals surface area (Å²) in [6, 6.07) is 11.7. The van der Waals surface area contributed by atoms with E-state index in [-0.39, 0.29) is 5.69 Å². The van der Waals surface area contributed by atoms with Crippen LogP contribution in [0.1, 0.15) is 22.5 Å². The van der Waals surface area contributed by atoms with Crippen molar-refractivity contribution >= 4 is 12.2 Å². The fraction of sp³-hybridized carbons (Fsp3) is 0.222. The molecule has 0 fully saturated rings. The minimum Gasteiger partial charge on any atom is -0.467 e. The highest BCUT2D eigenvalue weighted by molar-refractivity contribution is 7.71. The Morgan fingerprint density at radius 3 is 2.48 bits per heavy atom. The third kappa shape index (κ3) is 3.51. The van der Waals surface area contributed by atoms with Gasteiger partial charge >= 0.3 is 5.69 Å². The molecule has 0 N–H and O–H groups in total. The maximum Gasteiger partial charge on any atom is 0.329 e. The first-order valence-corrected chi connectivity index (χ1v) is 7.83. The molecule has 0 aliphatic heterocycles. The van der Waals surface area contributed by atoms with Gasteiger partial charge in [0.05, 0.1) is 19.4 Å². The Kier molecular flexibility index (Phi) is 4.30. The zero-order chi connectivity index (χ0) is 16.4. The monoisotopic (exact) mass is 326 g/mol. The summed E-state index contributed by atoms with van der Waals surface area (Å²) in [5, 5.41) is 0. The topological polar surface area (TPSA) is 40.1 Å². The number of aryl methyl sites for hydroxylation is 2. The summed E-state index contributed by atoms with van der Waals surface area (Å²) in [7, 11) is 0. The first-order valence-electron chi connectivity index (χ1n) is 7.43. The van der Waals surface area contributed by atoms with Crippen LogP contribution in [0.5, 0.6) is 0 Å². The molecular weight excluding hydrogens is 308 g/mol. The zero-order valence-electron chi connectivity index (χ0n) is 13.2. The fourth-order valence-electron chi connectivity index (χ4n) is 2.74. The molecule has 0 amide bonds. The molecular formula is C18H18N2O2S. The van der Waals surface area contributed by atoms with Crippen LogP contribution in [-0.4, -0.2) is 9.13 Å². The standard InChI is InChI=1S/C18H18N2O2S/c1-13-8-14(2)10-15(9-13)11-20-17(23)5-6-19(18(20)21)12-16-4-3-7-22-16/h3-10H,11-12H2,1-2H3. The molecule has 0 bridgehead atoms. The SMILES string of the molecule is Cc1cc(C)cc(Cn2c(=S)ccn(Cc3ccco3)c2=O)c1. The van der Waals surface area contributed by atoms with E-state index >= 15 is 0 Å². The third-order valence-electron chi connectivity index (χ3n) is 3.67. The molecule has 0 spiro atoms. The van der Waals surface area contributed by atoms with Gasteiger partial charge in [-0.15, -0.1) is 0 Å². The van der Waals surface area contributed by atoms with E-state index in [0.29, 0.717) is 17.7 Å². The molecule has 0 aliphatic carbocycles. The van der Waals surface area contributed by atoms with Gasteiger partial charge in [0.25, 0.3) is 0 Å². The second kappa shape index (κ2) is 6.38. The number of benzene rings is 1. The molecule has 4 nitrogen and oxygen atoms in total. The van der Waals surface area contributed by atoms with Crippen LogP contribution in [0.2, 0.25) is 0 Å². The lowest BCUT2D eigenvalue weighted by molar-refractivity contribution is 0.480. The van der Waals surface area contributed by atoms with Crippen LogP contribution >= 0.6 is 12.2 Å². The molecule has 0 aliphatic rings. The summed E-state index contributed by atoms with van der Waals surface area (Å²) in [5.74, 6) is 0.738. The van der Waals surface area contributed by atoms with Crippen LogP contribution in [-0.2, 0) is 13.1 Å². The zero-order valence-corrected chi connectivity index (χ0v) is 14.0. The van der Waals surface area contributed by atoms with Crippen LogP contribution in [0.25, 0.3) is 0 Å². The van der Waals surface area contributed by atoms with Gasteiger partial charge in [-0.2, -0.15) is 0 Å². The van der Waals surface area contributed by atoms with E-state index in [4.69, 9.17) is 16.6 Å². The van der Waals surface area contributed by atoms with Gasteiger partial charge in [-0.3, -0.25) is 9.13 Å². The summed E-state index contributed by atoms with van der Waals surface area (Å²) < 4.78 is 9.08. The number of aromatic nitrogens is 2. The quantitative estimate of drug-likeness (QED) is 0.687. The van der Waals surface area contributed by atoms with Crippen molar-refractivity contribution in [3.8, 4) is 0 Å². The largest absolute Gasteiger partial charge is 0.467 e. The first-order chi connectivity index (χ1) is 11.0. The Morgan fingerprint density at radius 1 is 1.09 bits per heavy atom. The van der Waals surface area contributed by atoms with E-state index in [2.05, 4.69) is 32.0 Å². The summed E-state index contributed by atoms with van der Waals surface area (Å²) >= 11 is 5.34. The molecule has 118 valence electrons. The van der Waals surface area contributed by atoms with Gasteiger partial charge in [0.2, 0.25) is 0 Å². The Labute approximate surface area is 139 Å². The maximum absolute atomic E-state index is 12.7. The Bertz CT molecular complexity index is 916. The van der Waals surface area contributed by atoms with Gasteiger partial charge in [0, 0.05) is 6.20 Å². The van der Waals surface area contributed by atoms with Crippen molar-refractivity contribution < 1.29 is 4.42 Å². The van der Waals surface area contributed by atoms with Crippen LogP contribution in [0, 0.1) is 18.5 Å². The van der Waals surface area contributed by atoms with Crippen molar-refractivity contribution in [1.29, 1.82) is 0 Å². The van der Waals surface area contributed by atoms with Gasteiger partial charge < -0.3 is 4.42 Å². The maximum atomic E-state index is 12.7. The molecule has 0 unspecified atom stereocenters. The lowest BCUT2D eigenvalue weighted by Gasteiger charge is -2.11. The van der Waals surface area contributed by atoms with Gasteiger partial charge in [0.15, 0.2) is 0 Å². The Hall–Kier alpha value is -2.40. The average Bonchev–Trinajstić information content (AvgIpc) is 2.98. The van der Waals surface area contributed by atoms with Gasteiger partial charge in [0.1, 0.15) is 10.4 Å². The summed E-state index contributed by atoms with van der Waals surface area (Å²) in [6.07, 6.45) is 3.32. The highest BCUT2D eigenvalue weighted by Crippen LogP contribution is 2.10. The molecule has 2 heterocycles. The number of hydrogen-bond donors (Lipinski definition) is 0. The third-order valence-corrected chi connectivity index (χ3v) is 4.02. The van der Waals surface area contributed by atoms with Crippen LogP contribution in [0.4, 0.5) is 0 Å². The highest BCUT2D eigenvalue weighted by Gasteiger charge is 2.07. The average molecular weight is 326 g/mol. The molecule has 2 aromatic heterocycles. The van der Waals surface area contributed by atoms with Crippen molar-refractivity contribution in [3.05, 3.63) is 86.4 Å². The second-order valence-electron chi connectivity index (χ2n) is 5.73. The molecule has 3 aromatic rings. The Balaban J connectivity index is 1.98. The molecule has 5 heteroatoms. The lowest BCUT2D eigenvalue weighted by atomic mass is 10.1.